The number of ether oxygens (including phenoxy) is 6. The van der Waals surface area contributed by atoms with Crippen LogP contribution < -0.4 is 0 Å². The van der Waals surface area contributed by atoms with E-state index >= 15 is 0 Å². The van der Waals surface area contributed by atoms with E-state index in [0.29, 0.717) is 86.0 Å². The summed E-state index contributed by atoms with van der Waals surface area (Å²) in [6, 6.07) is 0. The lowest BCUT2D eigenvalue weighted by Gasteiger charge is -2.62. The van der Waals surface area contributed by atoms with Gasteiger partial charge in [-0.1, -0.05) is 86.5 Å². The Balaban J connectivity index is 0.000000114. The fourth-order valence-corrected chi connectivity index (χ4v) is 23.4. The minimum Gasteiger partial charge on any atom is -0.392 e. The zero-order chi connectivity index (χ0) is 52.3. The SMILES string of the molecule is C.C[C@@H]1CC[C@]2(C)C3=CC(=O)[C@@]4(C)C(CCC45OCCO5)C3CC[C@@H]2C1.C[C@@H]1CC[C@]2(C)C3=C[C@H](O)[C@@]4(C)C(CCC45OCCO5)C3CC[C@@H]2C1.C[C@@H]1CC[C@]2(C)C3C[C@H](O)[C@@]4(C)C(CCC45OCCO5)C3CC[C@@H]2C1. The summed E-state index contributed by atoms with van der Waals surface area (Å²) >= 11 is 0. The molecule has 15 aliphatic rings. The van der Waals surface area contributed by atoms with E-state index in [1.165, 1.54) is 108 Å². The van der Waals surface area contributed by atoms with Gasteiger partial charge in [-0.3, -0.25) is 4.79 Å². The molecular weight excluding hydrogens is 949 g/mol. The maximum absolute atomic E-state index is 13.5. The molecule has 76 heavy (non-hydrogen) atoms. The molecule has 9 heteroatoms. The van der Waals surface area contributed by atoms with Crippen LogP contribution in [0.5, 0.6) is 0 Å². The molecule has 0 bridgehead atoms. The maximum atomic E-state index is 13.5. The van der Waals surface area contributed by atoms with Crippen LogP contribution in [0.1, 0.15) is 211 Å². The van der Waals surface area contributed by atoms with E-state index in [2.05, 4.69) is 74.5 Å². The van der Waals surface area contributed by atoms with Crippen LogP contribution in [0.15, 0.2) is 23.3 Å². The molecule has 0 aromatic carbocycles. The Bertz CT molecular complexity index is 2260. The van der Waals surface area contributed by atoms with Gasteiger partial charge in [-0.15, -0.1) is 0 Å². The van der Waals surface area contributed by atoms with Crippen LogP contribution in [0.2, 0.25) is 0 Å². The Kier molecular flexibility index (Phi) is 14.0. The highest BCUT2D eigenvalue weighted by Crippen LogP contribution is 2.72. The summed E-state index contributed by atoms with van der Waals surface area (Å²) in [6.07, 6.45) is 30.8. The molecule has 3 heterocycles. The van der Waals surface area contributed by atoms with Crippen LogP contribution in [0.4, 0.5) is 0 Å². The summed E-state index contributed by atoms with van der Waals surface area (Å²) in [4.78, 5) is 13.5. The Labute approximate surface area is 460 Å². The van der Waals surface area contributed by atoms with Gasteiger partial charge in [-0.2, -0.15) is 0 Å². The Morgan fingerprint density at radius 1 is 0.461 bits per heavy atom. The average molecular weight is 1060 g/mol. The molecule has 2 N–H and O–H groups in total. The van der Waals surface area contributed by atoms with Gasteiger partial charge in [0.25, 0.3) is 0 Å². The molecule has 0 radical (unpaired) electrons. The smallest absolute Gasteiger partial charge is 0.181 e. The molecule has 21 atom stereocenters. The minimum atomic E-state index is -0.643. The number of allylic oxidation sites excluding steroid dienone is 3. The summed E-state index contributed by atoms with van der Waals surface area (Å²) in [6.45, 7) is 25.5. The topological polar surface area (TPSA) is 113 Å². The van der Waals surface area contributed by atoms with Crippen molar-refractivity contribution >= 4 is 5.78 Å². The van der Waals surface area contributed by atoms with Gasteiger partial charge in [0.2, 0.25) is 0 Å². The van der Waals surface area contributed by atoms with Crippen molar-refractivity contribution in [2.45, 2.75) is 241 Å². The highest BCUT2D eigenvalue weighted by molar-refractivity contribution is 5.98. The number of carbonyl (C=O) groups excluding carboxylic acids is 1. The number of carbonyl (C=O) groups is 1. The molecule has 0 aromatic heterocycles. The van der Waals surface area contributed by atoms with Crippen molar-refractivity contribution in [1.82, 2.24) is 0 Å². The van der Waals surface area contributed by atoms with Gasteiger partial charge in [-0.05, 0) is 222 Å². The number of fused-ring (bicyclic) bond motifs is 18. The van der Waals surface area contributed by atoms with Crippen molar-refractivity contribution < 1.29 is 43.4 Å². The molecule has 12 aliphatic carbocycles. The second-order valence-corrected chi connectivity index (χ2v) is 30.6. The van der Waals surface area contributed by atoms with Crippen molar-refractivity contribution in [2.24, 2.45) is 109 Å². The lowest BCUT2D eigenvalue weighted by Crippen LogP contribution is -2.62. The molecule has 3 spiro atoms. The van der Waals surface area contributed by atoms with E-state index in [0.717, 1.165) is 80.0 Å². The number of aliphatic hydroxyl groups is 2. The lowest BCUT2D eigenvalue weighted by atomic mass is 9.44. The Hall–Kier alpha value is -1.17. The molecule has 3 aliphatic heterocycles. The van der Waals surface area contributed by atoms with Gasteiger partial charge < -0.3 is 38.6 Å². The molecule has 15 rings (SSSR count). The molecule has 7 unspecified atom stereocenters. The standard InChI is InChI=1S/C22H36O3.C22H34O3.C22H32O3.CH4/c3*1-14-6-8-20(2)15(12-14)4-5-16-17-7-9-22(24-10-11-25-22)21(17,3)19(23)13-18(16)20;/h14-19,23H,4-13H2,1-3H3;13-17,19,23H,4-12H2,1-3H3;13-17H,4-12H2,1-3H3;1H4/t14-,15-,16?,17?,18?,19+,20+,21-;14-,15-,16?,17?,19+,20+,21-;14-,15-,16?,17?,20+,21-;/m111./s1. The zero-order valence-corrected chi connectivity index (χ0v) is 48.4. The van der Waals surface area contributed by atoms with E-state index in [-0.39, 0.29) is 35.6 Å². The van der Waals surface area contributed by atoms with Gasteiger partial charge in [0.1, 0.15) is 0 Å². The first-order valence-corrected chi connectivity index (χ1v) is 31.9. The number of aliphatic hydroxyl groups excluding tert-OH is 2. The monoisotopic (exact) mass is 1050 g/mol. The van der Waals surface area contributed by atoms with Gasteiger partial charge >= 0.3 is 0 Å². The highest BCUT2D eigenvalue weighted by atomic mass is 16.8. The van der Waals surface area contributed by atoms with Crippen LogP contribution in [-0.2, 0) is 33.2 Å². The van der Waals surface area contributed by atoms with Crippen molar-refractivity contribution in [3.8, 4) is 0 Å². The minimum absolute atomic E-state index is 0. The number of rotatable bonds is 0. The Morgan fingerprint density at radius 3 is 1.51 bits per heavy atom. The summed E-state index contributed by atoms with van der Waals surface area (Å²) in [7, 11) is 0. The van der Waals surface area contributed by atoms with Crippen LogP contribution in [-0.4, -0.2) is 85.2 Å². The number of hydrogen-bond acceptors (Lipinski definition) is 9. The van der Waals surface area contributed by atoms with Crippen molar-refractivity contribution in [3.63, 3.8) is 0 Å². The zero-order valence-electron chi connectivity index (χ0n) is 48.4. The van der Waals surface area contributed by atoms with E-state index in [1.807, 2.05) is 0 Å². The fraction of sp³-hybridized carbons (Fsp3) is 0.925. The second kappa shape index (κ2) is 19.2. The van der Waals surface area contributed by atoms with E-state index in [4.69, 9.17) is 28.4 Å². The second-order valence-electron chi connectivity index (χ2n) is 30.6. The van der Waals surface area contributed by atoms with Crippen LogP contribution >= 0.6 is 0 Å². The van der Waals surface area contributed by atoms with Crippen molar-refractivity contribution in [1.29, 1.82) is 0 Å². The van der Waals surface area contributed by atoms with Crippen LogP contribution in [0, 0.1) is 109 Å². The van der Waals surface area contributed by atoms with Crippen LogP contribution in [0.25, 0.3) is 0 Å². The van der Waals surface area contributed by atoms with Crippen molar-refractivity contribution in [3.05, 3.63) is 23.3 Å². The predicted molar refractivity (Wildman–Crippen MR) is 296 cm³/mol. The maximum Gasteiger partial charge on any atom is 0.181 e. The van der Waals surface area contributed by atoms with Gasteiger partial charge in [0.05, 0.1) is 68.1 Å². The predicted octanol–water partition coefficient (Wildman–Crippen LogP) is 13.8. The molecule has 9 nitrogen and oxygen atoms in total. The number of hydrogen-bond donors (Lipinski definition) is 2. The highest BCUT2D eigenvalue weighted by Gasteiger charge is 2.73. The molecule has 0 aromatic rings. The lowest BCUT2D eigenvalue weighted by molar-refractivity contribution is -0.279. The first kappa shape index (κ1) is 55.4. The van der Waals surface area contributed by atoms with Gasteiger partial charge in [0.15, 0.2) is 23.1 Å². The summed E-state index contributed by atoms with van der Waals surface area (Å²) in [5, 5.41) is 22.7. The van der Waals surface area contributed by atoms with Gasteiger partial charge in [0, 0.05) is 19.3 Å². The average Bonchev–Trinajstić information content (AvgIpc) is 4.46. The van der Waals surface area contributed by atoms with E-state index in [9.17, 15) is 15.0 Å². The molecule has 0 amide bonds. The van der Waals surface area contributed by atoms with E-state index < -0.39 is 28.9 Å². The number of ketones is 1. The summed E-state index contributed by atoms with van der Waals surface area (Å²) < 4.78 is 36.9. The normalized spacial score (nSPS) is 53.3. The Morgan fingerprint density at radius 2 is 0.921 bits per heavy atom. The van der Waals surface area contributed by atoms with Crippen LogP contribution in [0.3, 0.4) is 0 Å². The summed E-state index contributed by atoms with van der Waals surface area (Å²) in [5.41, 5.74) is 3.12. The largest absolute Gasteiger partial charge is 0.392 e. The summed E-state index contributed by atoms with van der Waals surface area (Å²) in [5.74, 6) is 7.75. The van der Waals surface area contributed by atoms with Gasteiger partial charge in [-0.25, -0.2) is 0 Å². The quantitative estimate of drug-likeness (QED) is 0.229. The third-order valence-corrected chi connectivity index (χ3v) is 28.0. The van der Waals surface area contributed by atoms with Crippen molar-refractivity contribution in [2.75, 3.05) is 39.6 Å². The first-order chi connectivity index (χ1) is 35.7. The molecule has 10 saturated carbocycles. The third kappa shape index (κ3) is 7.50. The molecule has 13 fully saturated rings. The first-order valence-electron chi connectivity index (χ1n) is 31.9. The third-order valence-electron chi connectivity index (χ3n) is 28.0. The van der Waals surface area contributed by atoms with E-state index in [1.54, 1.807) is 5.57 Å². The fourth-order valence-electron chi connectivity index (χ4n) is 23.4. The molecule has 3 saturated heterocycles. The molecule has 428 valence electrons. The molecular formula is C67H106O9.